The molecule has 0 saturated carbocycles. The number of aromatic nitrogens is 1. The van der Waals surface area contributed by atoms with E-state index in [1.54, 1.807) is 7.11 Å². The maximum atomic E-state index is 12.5. The molecule has 6 nitrogen and oxygen atoms in total. The number of hydrogen-bond acceptors (Lipinski definition) is 5. The van der Waals surface area contributed by atoms with Gasteiger partial charge in [-0.05, 0) is 24.8 Å². The summed E-state index contributed by atoms with van der Waals surface area (Å²) in [5.41, 5.74) is 5.55. The van der Waals surface area contributed by atoms with E-state index in [2.05, 4.69) is 4.98 Å². The zero-order chi connectivity index (χ0) is 13.9. The molecule has 1 unspecified atom stereocenters. The topological polar surface area (TPSA) is 85.5 Å². The Kier molecular flexibility index (Phi) is 4.38. The van der Waals surface area contributed by atoms with Crippen LogP contribution in [0.2, 0.25) is 0 Å². The standard InChI is InChI=1S/C12H19N3O3S/c1-18-9-10-3-2-6-15(8-10)19(16,17)11-4-5-14-12(13)7-11/h4-5,7,10H,2-3,6,8-9H2,1H3,(H2,13,14). The fourth-order valence-corrected chi connectivity index (χ4v) is 3.93. The zero-order valence-corrected chi connectivity index (χ0v) is 11.8. The van der Waals surface area contributed by atoms with Crippen molar-refractivity contribution in [2.45, 2.75) is 17.7 Å². The zero-order valence-electron chi connectivity index (χ0n) is 10.9. The van der Waals surface area contributed by atoms with E-state index >= 15 is 0 Å². The first-order chi connectivity index (χ1) is 9.04. The first kappa shape index (κ1) is 14.2. The van der Waals surface area contributed by atoms with E-state index in [0.717, 1.165) is 12.8 Å². The number of nitrogens with two attached hydrogens (primary N) is 1. The van der Waals surface area contributed by atoms with Crippen molar-refractivity contribution in [3.05, 3.63) is 18.3 Å². The number of nitrogens with zero attached hydrogens (tertiary/aromatic N) is 2. The Balaban J connectivity index is 2.19. The highest BCUT2D eigenvalue weighted by Gasteiger charge is 2.30. The summed E-state index contributed by atoms with van der Waals surface area (Å²) in [6.45, 7) is 1.63. The summed E-state index contributed by atoms with van der Waals surface area (Å²) in [6, 6.07) is 2.88. The van der Waals surface area contributed by atoms with Crippen molar-refractivity contribution in [3.8, 4) is 0 Å². The molecule has 1 aromatic rings. The minimum Gasteiger partial charge on any atom is -0.384 e. The van der Waals surface area contributed by atoms with Gasteiger partial charge in [-0.1, -0.05) is 0 Å². The maximum Gasteiger partial charge on any atom is 0.243 e. The van der Waals surface area contributed by atoms with Crippen LogP contribution in [0.15, 0.2) is 23.2 Å². The fraction of sp³-hybridized carbons (Fsp3) is 0.583. The molecule has 19 heavy (non-hydrogen) atoms. The molecule has 1 saturated heterocycles. The third-order valence-corrected chi connectivity index (χ3v) is 5.14. The molecule has 2 heterocycles. The lowest BCUT2D eigenvalue weighted by Crippen LogP contribution is -2.41. The molecule has 1 aromatic heterocycles. The van der Waals surface area contributed by atoms with Crippen LogP contribution >= 0.6 is 0 Å². The highest BCUT2D eigenvalue weighted by atomic mass is 32.2. The van der Waals surface area contributed by atoms with Crippen molar-refractivity contribution in [2.75, 3.05) is 32.5 Å². The first-order valence-electron chi connectivity index (χ1n) is 6.24. The monoisotopic (exact) mass is 285 g/mol. The molecule has 2 N–H and O–H groups in total. The summed E-state index contributed by atoms with van der Waals surface area (Å²) >= 11 is 0. The average molecular weight is 285 g/mol. The van der Waals surface area contributed by atoms with Crippen LogP contribution in [0.3, 0.4) is 0 Å². The summed E-state index contributed by atoms with van der Waals surface area (Å²) in [5, 5.41) is 0. The lowest BCUT2D eigenvalue weighted by atomic mass is 10.0. The van der Waals surface area contributed by atoms with Crippen LogP contribution in [0, 0.1) is 5.92 Å². The van der Waals surface area contributed by atoms with Gasteiger partial charge in [0.2, 0.25) is 10.0 Å². The molecular formula is C12H19N3O3S. The second-order valence-corrected chi connectivity index (χ2v) is 6.68. The molecule has 106 valence electrons. The highest BCUT2D eigenvalue weighted by Crippen LogP contribution is 2.24. The number of sulfonamides is 1. The highest BCUT2D eigenvalue weighted by molar-refractivity contribution is 7.89. The van der Waals surface area contributed by atoms with Gasteiger partial charge in [0.05, 0.1) is 11.5 Å². The van der Waals surface area contributed by atoms with Gasteiger partial charge in [0.1, 0.15) is 5.82 Å². The summed E-state index contributed by atoms with van der Waals surface area (Å²) in [5.74, 6) is 0.472. The predicted molar refractivity (Wildman–Crippen MR) is 72.0 cm³/mol. The van der Waals surface area contributed by atoms with Crippen LogP contribution in [0.4, 0.5) is 5.82 Å². The van der Waals surface area contributed by atoms with Crippen LogP contribution < -0.4 is 5.73 Å². The van der Waals surface area contributed by atoms with E-state index in [-0.39, 0.29) is 16.6 Å². The lowest BCUT2D eigenvalue weighted by molar-refractivity contribution is 0.118. The Morgan fingerprint density at radius 3 is 3.05 bits per heavy atom. The molecule has 0 bridgehead atoms. The molecule has 0 aromatic carbocycles. The molecule has 1 aliphatic heterocycles. The van der Waals surface area contributed by atoms with Gasteiger partial charge in [0.25, 0.3) is 0 Å². The Morgan fingerprint density at radius 2 is 2.37 bits per heavy atom. The van der Waals surface area contributed by atoms with Crippen molar-refractivity contribution in [1.29, 1.82) is 0 Å². The van der Waals surface area contributed by atoms with Crippen LogP contribution in [-0.2, 0) is 14.8 Å². The lowest BCUT2D eigenvalue weighted by Gasteiger charge is -2.31. The van der Waals surface area contributed by atoms with Crippen molar-refractivity contribution in [2.24, 2.45) is 5.92 Å². The third-order valence-electron chi connectivity index (χ3n) is 3.27. The normalized spacial score (nSPS) is 21.4. The smallest absolute Gasteiger partial charge is 0.243 e. The van der Waals surface area contributed by atoms with Gasteiger partial charge in [-0.2, -0.15) is 4.31 Å². The van der Waals surface area contributed by atoms with E-state index in [0.29, 0.717) is 19.7 Å². The predicted octanol–water partition coefficient (Wildman–Crippen LogP) is 0.711. The van der Waals surface area contributed by atoms with Crippen molar-refractivity contribution in [3.63, 3.8) is 0 Å². The largest absolute Gasteiger partial charge is 0.384 e. The molecule has 7 heteroatoms. The maximum absolute atomic E-state index is 12.5. The van der Waals surface area contributed by atoms with Crippen molar-refractivity contribution in [1.82, 2.24) is 9.29 Å². The third kappa shape index (κ3) is 3.23. The fourth-order valence-electron chi connectivity index (χ4n) is 2.35. The molecule has 1 atom stereocenters. The molecular weight excluding hydrogens is 266 g/mol. The minimum atomic E-state index is -3.48. The van der Waals surface area contributed by atoms with Gasteiger partial charge in [0, 0.05) is 32.5 Å². The van der Waals surface area contributed by atoms with Gasteiger partial charge in [0.15, 0.2) is 0 Å². The number of rotatable bonds is 4. The van der Waals surface area contributed by atoms with Gasteiger partial charge in [-0.3, -0.25) is 0 Å². The first-order valence-corrected chi connectivity index (χ1v) is 7.68. The van der Waals surface area contributed by atoms with E-state index < -0.39 is 10.0 Å². The molecule has 1 aliphatic rings. The number of piperidine rings is 1. The summed E-state index contributed by atoms with van der Waals surface area (Å²) in [6.07, 6.45) is 3.27. The van der Waals surface area contributed by atoms with Crippen LogP contribution in [-0.4, -0.2) is 44.5 Å². The molecule has 2 rings (SSSR count). The van der Waals surface area contributed by atoms with E-state index in [1.807, 2.05) is 0 Å². The number of pyridine rings is 1. The Labute approximate surface area is 113 Å². The van der Waals surface area contributed by atoms with Gasteiger partial charge in [-0.15, -0.1) is 0 Å². The molecule has 0 radical (unpaired) electrons. The number of ether oxygens (including phenoxy) is 1. The van der Waals surface area contributed by atoms with Gasteiger partial charge < -0.3 is 10.5 Å². The Morgan fingerprint density at radius 1 is 1.58 bits per heavy atom. The van der Waals surface area contributed by atoms with Crippen LogP contribution in [0.25, 0.3) is 0 Å². The molecule has 0 aliphatic carbocycles. The quantitative estimate of drug-likeness (QED) is 0.880. The number of anilines is 1. The Hall–Kier alpha value is -1.18. The number of nitrogen functional groups attached to an aromatic ring is 1. The second kappa shape index (κ2) is 5.85. The van der Waals surface area contributed by atoms with E-state index in [9.17, 15) is 8.42 Å². The van der Waals surface area contributed by atoms with Gasteiger partial charge in [-0.25, -0.2) is 13.4 Å². The summed E-state index contributed by atoms with van der Waals surface area (Å²) in [7, 11) is -1.84. The van der Waals surface area contributed by atoms with E-state index in [1.165, 1.54) is 22.6 Å². The average Bonchev–Trinajstić information content (AvgIpc) is 2.39. The van der Waals surface area contributed by atoms with Gasteiger partial charge >= 0.3 is 0 Å². The Bertz CT molecular complexity index is 531. The number of methoxy groups -OCH3 is 1. The molecule has 0 spiro atoms. The van der Waals surface area contributed by atoms with E-state index in [4.69, 9.17) is 10.5 Å². The number of hydrogen-bond donors (Lipinski definition) is 1. The van der Waals surface area contributed by atoms with Crippen molar-refractivity contribution >= 4 is 15.8 Å². The minimum absolute atomic E-state index is 0.207. The van der Waals surface area contributed by atoms with Crippen LogP contribution in [0.5, 0.6) is 0 Å². The SMILES string of the molecule is COCC1CCCN(S(=O)(=O)c2ccnc(N)c2)C1. The molecule has 1 fully saturated rings. The summed E-state index contributed by atoms with van der Waals surface area (Å²) in [4.78, 5) is 4.02. The summed E-state index contributed by atoms with van der Waals surface area (Å²) < 4.78 is 31.6. The second-order valence-electron chi connectivity index (χ2n) is 4.74. The van der Waals surface area contributed by atoms with Crippen LogP contribution in [0.1, 0.15) is 12.8 Å². The van der Waals surface area contributed by atoms with Crippen molar-refractivity contribution < 1.29 is 13.2 Å². The molecule has 0 amide bonds.